The van der Waals surface area contributed by atoms with E-state index in [2.05, 4.69) is 11.6 Å². The van der Waals surface area contributed by atoms with Crippen LogP contribution in [0.5, 0.6) is 0 Å². The van der Waals surface area contributed by atoms with Crippen LogP contribution in [0.2, 0.25) is 0 Å². The Hall–Kier alpha value is -2.69. The third-order valence-corrected chi connectivity index (χ3v) is 4.88. The molecular weight excluding hydrogens is 364 g/mol. The van der Waals surface area contributed by atoms with Crippen LogP contribution < -0.4 is 10.2 Å². The van der Waals surface area contributed by atoms with E-state index in [1.807, 2.05) is 63.2 Å². The first-order valence-electron chi connectivity index (χ1n) is 10.4. The number of nitrogens with one attached hydrogen (secondary N) is 1. The molecule has 0 spiro atoms. The smallest absolute Gasteiger partial charge is 0.249 e. The van der Waals surface area contributed by atoms with E-state index in [1.165, 1.54) is 4.90 Å². The fourth-order valence-corrected chi connectivity index (χ4v) is 3.44. The molecule has 0 saturated carbocycles. The number of nitrogens with zero attached hydrogens (tertiary/aromatic N) is 1. The van der Waals surface area contributed by atoms with Crippen LogP contribution in [0, 0.1) is 5.92 Å². The number of hydrogen-bond acceptors (Lipinski definition) is 3. The van der Waals surface area contributed by atoms with Crippen molar-refractivity contribution in [2.24, 2.45) is 5.92 Å². The average Bonchev–Trinajstić information content (AvgIpc) is 2.69. The molecule has 29 heavy (non-hydrogen) atoms. The second kappa shape index (κ2) is 10.7. The summed E-state index contributed by atoms with van der Waals surface area (Å²) in [5.74, 6) is -0.270. The minimum atomic E-state index is -0.738. The zero-order valence-electron chi connectivity index (χ0n) is 17.8. The Balaban J connectivity index is 2.42. The number of benzene rings is 2. The van der Waals surface area contributed by atoms with Crippen molar-refractivity contribution < 1.29 is 14.4 Å². The molecule has 0 bridgehead atoms. The van der Waals surface area contributed by atoms with Crippen molar-refractivity contribution in [3.8, 4) is 0 Å². The second-order valence-corrected chi connectivity index (χ2v) is 7.87. The van der Waals surface area contributed by atoms with Crippen molar-refractivity contribution in [3.05, 3.63) is 42.5 Å². The Labute approximate surface area is 173 Å². The number of unbranched alkanes of at least 4 members (excludes halogenated alkanes) is 1. The Kier molecular flexibility index (Phi) is 8.37. The second-order valence-electron chi connectivity index (χ2n) is 7.87. The summed E-state index contributed by atoms with van der Waals surface area (Å²) >= 11 is 0. The standard InChI is InChI=1S/C24H31N2O3/c1-5-6-12-20(16-27)26(24(29)18(4)25-23(28)15-17(2)3)22-14-9-11-19-10-7-8-13-21(19)22/h7-11,13-14,17-18,20H,5-6,12,15H2,1-4H3,(H,25,28)/t18-,20-/m0/s1. The molecule has 2 aromatic carbocycles. The minimum absolute atomic E-state index is 0.168. The van der Waals surface area contributed by atoms with Gasteiger partial charge in [-0.2, -0.15) is 0 Å². The topological polar surface area (TPSA) is 66.5 Å². The van der Waals surface area contributed by atoms with Gasteiger partial charge in [-0.05, 0) is 30.7 Å². The van der Waals surface area contributed by atoms with Gasteiger partial charge in [0.2, 0.25) is 18.1 Å². The summed E-state index contributed by atoms with van der Waals surface area (Å²) in [7, 11) is 0. The van der Waals surface area contributed by atoms with Gasteiger partial charge >= 0.3 is 0 Å². The summed E-state index contributed by atoms with van der Waals surface area (Å²) < 4.78 is 0. The van der Waals surface area contributed by atoms with Crippen LogP contribution in [-0.2, 0) is 14.4 Å². The molecule has 0 aliphatic carbocycles. The zero-order chi connectivity index (χ0) is 21.4. The molecule has 5 nitrogen and oxygen atoms in total. The van der Waals surface area contributed by atoms with E-state index in [0.717, 1.165) is 23.6 Å². The molecule has 2 aromatic rings. The van der Waals surface area contributed by atoms with Gasteiger partial charge in [-0.15, -0.1) is 0 Å². The largest absolute Gasteiger partial charge is 0.345 e. The number of carbonyl (C=O) groups excluding carboxylic acids is 3. The predicted octanol–water partition coefficient (Wildman–Crippen LogP) is 4.39. The van der Waals surface area contributed by atoms with Crippen LogP contribution in [0.1, 0.15) is 53.4 Å². The Morgan fingerprint density at radius 2 is 1.76 bits per heavy atom. The lowest BCUT2D eigenvalue weighted by molar-refractivity contribution is -0.127. The van der Waals surface area contributed by atoms with E-state index in [9.17, 15) is 14.4 Å². The van der Waals surface area contributed by atoms with Crippen molar-refractivity contribution in [2.45, 2.75) is 65.5 Å². The lowest BCUT2D eigenvalue weighted by atomic mass is 10.0. The maximum Gasteiger partial charge on any atom is 0.249 e. The van der Waals surface area contributed by atoms with E-state index in [-0.39, 0.29) is 17.7 Å². The highest BCUT2D eigenvalue weighted by molar-refractivity contribution is 6.08. The van der Waals surface area contributed by atoms with Gasteiger partial charge in [-0.1, -0.05) is 70.0 Å². The van der Waals surface area contributed by atoms with Crippen LogP contribution in [0.15, 0.2) is 42.5 Å². The van der Waals surface area contributed by atoms with Gasteiger partial charge in [-0.25, -0.2) is 0 Å². The van der Waals surface area contributed by atoms with Gasteiger partial charge in [0.15, 0.2) is 0 Å². The van der Waals surface area contributed by atoms with Gasteiger partial charge in [0.25, 0.3) is 0 Å². The fourth-order valence-electron chi connectivity index (χ4n) is 3.44. The maximum absolute atomic E-state index is 13.4. The molecule has 0 fully saturated rings. The quantitative estimate of drug-likeness (QED) is 0.649. The summed E-state index contributed by atoms with van der Waals surface area (Å²) in [6.07, 6.45) is 4.67. The highest BCUT2D eigenvalue weighted by Gasteiger charge is 2.30. The molecule has 2 atom stereocenters. The van der Waals surface area contributed by atoms with E-state index in [4.69, 9.17) is 0 Å². The zero-order valence-corrected chi connectivity index (χ0v) is 17.8. The maximum atomic E-state index is 13.4. The number of fused-ring (bicyclic) bond motifs is 1. The number of rotatable bonds is 10. The fraction of sp³-hybridized carbons (Fsp3) is 0.458. The van der Waals surface area contributed by atoms with Crippen LogP contribution in [0.4, 0.5) is 5.69 Å². The Bertz CT molecular complexity index is 842. The first-order valence-corrected chi connectivity index (χ1v) is 10.4. The van der Waals surface area contributed by atoms with Crippen LogP contribution in [0.25, 0.3) is 10.8 Å². The Morgan fingerprint density at radius 3 is 2.41 bits per heavy atom. The molecule has 0 heterocycles. The molecule has 5 heteroatoms. The first kappa shape index (κ1) is 22.6. The third-order valence-electron chi connectivity index (χ3n) is 4.88. The van der Waals surface area contributed by atoms with Gasteiger partial charge in [0.05, 0.1) is 5.69 Å². The van der Waals surface area contributed by atoms with Crippen LogP contribution in [-0.4, -0.2) is 30.2 Å². The van der Waals surface area contributed by atoms with Gasteiger partial charge < -0.3 is 5.32 Å². The van der Waals surface area contributed by atoms with E-state index in [1.54, 1.807) is 6.92 Å². The minimum Gasteiger partial charge on any atom is -0.345 e. The third kappa shape index (κ3) is 5.89. The molecular formula is C24H31N2O3. The van der Waals surface area contributed by atoms with Gasteiger partial charge in [-0.3, -0.25) is 19.3 Å². The van der Waals surface area contributed by atoms with Gasteiger partial charge in [0.1, 0.15) is 12.1 Å². The van der Waals surface area contributed by atoms with E-state index in [0.29, 0.717) is 18.5 Å². The van der Waals surface area contributed by atoms with Gasteiger partial charge in [0, 0.05) is 11.8 Å². The van der Waals surface area contributed by atoms with Crippen molar-refractivity contribution >= 4 is 34.6 Å². The SMILES string of the molecule is CCCC[C@@H]([C]=O)N(C(=O)[C@H](C)NC(=O)CC(C)C)c1cccc2ccccc12. The lowest BCUT2D eigenvalue weighted by Gasteiger charge is -2.31. The van der Waals surface area contributed by atoms with Crippen LogP contribution in [0.3, 0.4) is 0 Å². The molecule has 1 N–H and O–H groups in total. The number of carbonyl (C=O) groups is 2. The van der Waals surface area contributed by atoms with E-state index < -0.39 is 12.1 Å². The molecule has 0 saturated heterocycles. The van der Waals surface area contributed by atoms with Crippen LogP contribution >= 0.6 is 0 Å². The Morgan fingerprint density at radius 1 is 1.07 bits per heavy atom. The van der Waals surface area contributed by atoms with Crippen molar-refractivity contribution in [3.63, 3.8) is 0 Å². The summed E-state index contributed by atoms with van der Waals surface area (Å²) in [4.78, 5) is 39.0. The highest BCUT2D eigenvalue weighted by Crippen LogP contribution is 2.29. The van der Waals surface area contributed by atoms with E-state index >= 15 is 0 Å². The summed E-state index contributed by atoms with van der Waals surface area (Å²) in [5.41, 5.74) is 0.669. The molecule has 0 unspecified atom stereocenters. The molecule has 0 aliphatic rings. The average molecular weight is 396 g/mol. The molecule has 2 rings (SSSR count). The monoisotopic (exact) mass is 395 g/mol. The first-order chi connectivity index (χ1) is 13.9. The van der Waals surface area contributed by atoms with Crippen molar-refractivity contribution in [2.75, 3.05) is 4.90 Å². The molecule has 155 valence electrons. The predicted molar refractivity (Wildman–Crippen MR) is 118 cm³/mol. The molecule has 2 amide bonds. The highest BCUT2D eigenvalue weighted by atomic mass is 16.2. The lowest BCUT2D eigenvalue weighted by Crippen LogP contribution is -2.51. The number of amides is 2. The molecule has 1 radical (unpaired) electrons. The molecule has 0 aromatic heterocycles. The number of anilines is 1. The normalized spacial score (nSPS) is 13.1. The summed E-state index contributed by atoms with van der Waals surface area (Å²) in [6.45, 7) is 7.62. The summed E-state index contributed by atoms with van der Waals surface area (Å²) in [5, 5.41) is 4.66. The number of hydrogen-bond donors (Lipinski definition) is 1. The van der Waals surface area contributed by atoms with Crippen molar-refractivity contribution in [1.82, 2.24) is 5.32 Å². The molecule has 0 aliphatic heterocycles. The van der Waals surface area contributed by atoms with Crippen molar-refractivity contribution in [1.29, 1.82) is 0 Å². The summed E-state index contributed by atoms with van der Waals surface area (Å²) in [6, 6.07) is 12.0.